The molecule has 1 saturated carbocycles. The van der Waals surface area contributed by atoms with E-state index in [1.807, 2.05) is 0 Å². The van der Waals surface area contributed by atoms with Crippen LogP contribution in [0.1, 0.15) is 51.9 Å². The molecule has 0 N–H and O–H groups in total. The summed E-state index contributed by atoms with van der Waals surface area (Å²) >= 11 is 0. The quantitative estimate of drug-likeness (QED) is 0.727. The first-order valence-corrected chi connectivity index (χ1v) is 7.78. The molecule has 3 fully saturated rings. The van der Waals surface area contributed by atoms with Crippen molar-refractivity contribution in [1.82, 2.24) is 9.80 Å². The van der Waals surface area contributed by atoms with Crippen LogP contribution in [0.2, 0.25) is 0 Å². The van der Waals surface area contributed by atoms with Crippen molar-refractivity contribution in [3.8, 4) is 0 Å². The molecule has 0 bridgehead atoms. The van der Waals surface area contributed by atoms with Crippen LogP contribution >= 0.6 is 0 Å². The monoisotopic (exact) mass is 236 g/mol. The minimum absolute atomic E-state index is 0.742. The normalized spacial score (nSPS) is 31.6. The van der Waals surface area contributed by atoms with Gasteiger partial charge >= 0.3 is 0 Å². The maximum absolute atomic E-state index is 2.79. The second-order valence-corrected chi connectivity index (χ2v) is 6.55. The fraction of sp³-hybridized carbons (Fsp3) is 1.00. The number of nitrogens with zero attached hydrogens (tertiary/aromatic N) is 2. The van der Waals surface area contributed by atoms with Crippen LogP contribution in [0.3, 0.4) is 0 Å². The van der Waals surface area contributed by atoms with Gasteiger partial charge in [-0.15, -0.1) is 0 Å². The molecular weight excluding hydrogens is 208 g/mol. The summed E-state index contributed by atoms with van der Waals surface area (Å²) in [5.74, 6) is 0. The first kappa shape index (κ1) is 12.0. The predicted octanol–water partition coefficient (Wildman–Crippen LogP) is 2.74. The van der Waals surface area contributed by atoms with Crippen molar-refractivity contribution < 1.29 is 0 Å². The van der Waals surface area contributed by atoms with Crippen LogP contribution in [0.5, 0.6) is 0 Å². The highest BCUT2D eigenvalue weighted by Gasteiger charge is 2.39. The highest BCUT2D eigenvalue weighted by molar-refractivity contribution is 4.93. The van der Waals surface area contributed by atoms with Gasteiger partial charge in [0.25, 0.3) is 0 Å². The van der Waals surface area contributed by atoms with Crippen LogP contribution < -0.4 is 0 Å². The second-order valence-electron chi connectivity index (χ2n) is 6.55. The van der Waals surface area contributed by atoms with Crippen LogP contribution in [0.4, 0.5) is 0 Å². The third kappa shape index (κ3) is 2.39. The lowest BCUT2D eigenvalue weighted by molar-refractivity contribution is 0.00619. The maximum Gasteiger partial charge on any atom is 0.00952 e. The number of hydrogen-bond acceptors (Lipinski definition) is 2. The minimum Gasteiger partial charge on any atom is -0.304 e. The van der Waals surface area contributed by atoms with Gasteiger partial charge in [-0.05, 0) is 76.7 Å². The third-order valence-electron chi connectivity index (χ3n) is 5.81. The van der Waals surface area contributed by atoms with Crippen LogP contribution in [0, 0.1) is 5.41 Å². The number of hydrogen-bond donors (Lipinski definition) is 0. The van der Waals surface area contributed by atoms with E-state index >= 15 is 0 Å². The maximum atomic E-state index is 2.79. The van der Waals surface area contributed by atoms with E-state index in [1.165, 1.54) is 77.7 Å². The van der Waals surface area contributed by atoms with Crippen molar-refractivity contribution in [2.45, 2.75) is 57.9 Å². The second kappa shape index (κ2) is 4.89. The van der Waals surface area contributed by atoms with Gasteiger partial charge in [0.2, 0.25) is 0 Å². The zero-order valence-corrected chi connectivity index (χ0v) is 11.5. The van der Waals surface area contributed by atoms with Gasteiger partial charge in [0, 0.05) is 6.04 Å². The molecule has 0 atom stereocenters. The summed E-state index contributed by atoms with van der Waals surface area (Å²) < 4.78 is 0. The number of rotatable bonds is 2. The Kier molecular flexibility index (Phi) is 3.45. The van der Waals surface area contributed by atoms with Gasteiger partial charge in [-0.1, -0.05) is 13.3 Å². The molecule has 2 nitrogen and oxygen atoms in total. The summed E-state index contributed by atoms with van der Waals surface area (Å²) in [7, 11) is 0. The molecule has 98 valence electrons. The molecule has 0 aromatic carbocycles. The Morgan fingerprint density at radius 2 is 1.53 bits per heavy atom. The van der Waals surface area contributed by atoms with Crippen LogP contribution in [-0.2, 0) is 0 Å². The molecule has 0 radical (unpaired) electrons. The third-order valence-corrected chi connectivity index (χ3v) is 5.81. The van der Waals surface area contributed by atoms with Gasteiger partial charge in [-0.2, -0.15) is 0 Å². The topological polar surface area (TPSA) is 6.48 Å². The van der Waals surface area contributed by atoms with Crippen LogP contribution in [0.15, 0.2) is 0 Å². The lowest BCUT2D eigenvalue weighted by atomic mass is 9.70. The van der Waals surface area contributed by atoms with E-state index in [-0.39, 0.29) is 0 Å². The largest absolute Gasteiger partial charge is 0.304 e. The van der Waals surface area contributed by atoms with Crippen molar-refractivity contribution in [1.29, 1.82) is 0 Å². The van der Waals surface area contributed by atoms with E-state index in [4.69, 9.17) is 0 Å². The molecule has 2 saturated heterocycles. The number of likely N-dealkylation sites (tertiary alicyclic amines) is 2. The van der Waals surface area contributed by atoms with Gasteiger partial charge in [0.1, 0.15) is 0 Å². The Hall–Kier alpha value is -0.0800. The predicted molar refractivity (Wildman–Crippen MR) is 72.2 cm³/mol. The zero-order chi connectivity index (χ0) is 11.7. The molecule has 1 spiro atoms. The minimum atomic E-state index is 0.742. The molecule has 2 heterocycles. The average molecular weight is 236 g/mol. The molecule has 17 heavy (non-hydrogen) atoms. The molecule has 3 aliphatic rings. The van der Waals surface area contributed by atoms with Crippen molar-refractivity contribution in [3.05, 3.63) is 0 Å². The van der Waals surface area contributed by atoms with E-state index in [2.05, 4.69) is 16.7 Å². The Labute approximate surface area is 106 Å². The summed E-state index contributed by atoms with van der Waals surface area (Å²) in [5.41, 5.74) is 0.742. The molecular formula is C15H28N2. The summed E-state index contributed by atoms with van der Waals surface area (Å²) in [6.07, 6.45) is 10.4. The van der Waals surface area contributed by atoms with E-state index < -0.39 is 0 Å². The van der Waals surface area contributed by atoms with E-state index in [0.29, 0.717) is 0 Å². The highest BCUT2D eigenvalue weighted by Crippen LogP contribution is 2.42. The molecule has 2 aliphatic heterocycles. The highest BCUT2D eigenvalue weighted by atomic mass is 15.2. The lowest BCUT2D eigenvalue weighted by Gasteiger charge is -2.49. The fourth-order valence-corrected chi connectivity index (χ4v) is 3.96. The van der Waals surface area contributed by atoms with Crippen LogP contribution in [-0.4, -0.2) is 48.6 Å². The fourth-order valence-electron chi connectivity index (χ4n) is 3.96. The van der Waals surface area contributed by atoms with E-state index in [1.54, 1.807) is 0 Å². The molecule has 1 aliphatic carbocycles. The zero-order valence-electron chi connectivity index (χ0n) is 11.5. The number of piperidine rings is 2. The van der Waals surface area contributed by atoms with Gasteiger partial charge in [-0.3, -0.25) is 0 Å². The first-order chi connectivity index (χ1) is 8.31. The van der Waals surface area contributed by atoms with Crippen molar-refractivity contribution in [2.24, 2.45) is 5.41 Å². The average Bonchev–Trinajstić information content (AvgIpc) is 2.31. The van der Waals surface area contributed by atoms with E-state index in [0.717, 1.165) is 11.5 Å². The first-order valence-electron chi connectivity index (χ1n) is 7.78. The van der Waals surface area contributed by atoms with Gasteiger partial charge in [0.15, 0.2) is 0 Å². The van der Waals surface area contributed by atoms with Crippen molar-refractivity contribution in [3.63, 3.8) is 0 Å². The molecule has 0 amide bonds. The standard InChI is InChI=1S/C15H28N2/c1-2-16-10-6-15(7-11-16)8-12-17(13-9-15)14-4-3-5-14/h14H,2-13H2,1H3. The molecule has 2 heteroatoms. The van der Waals surface area contributed by atoms with Crippen LogP contribution in [0.25, 0.3) is 0 Å². The molecule has 0 aromatic heterocycles. The van der Waals surface area contributed by atoms with Gasteiger partial charge in [-0.25, -0.2) is 0 Å². The Balaban J connectivity index is 1.50. The Bertz CT molecular complexity index is 242. The Morgan fingerprint density at radius 3 is 2.00 bits per heavy atom. The van der Waals surface area contributed by atoms with Crippen molar-refractivity contribution in [2.75, 3.05) is 32.7 Å². The SMILES string of the molecule is CCN1CCC2(CC1)CCN(C1CCC1)CC2. The van der Waals surface area contributed by atoms with Gasteiger partial charge in [0.05, 0.1) is 0 Å². The lowest BCUT2D eigenvalue weighted by Crippen LogP contribution is -2.50. The molecule has 3 rings (SSSR count). The molecule has 0 aromatic rings. The summed E-state index contributed by atoms with van der Waals surface area (Å²) in [6, 6.07) is 0.975. The molecule has 0 unspecified atom stereocenters. The smallest absolute Gasteiger partial charge is 0.00952 e. The van der Waals surface area contributed by atoms with Crippen molar-refractivity contribution >= 4 is 0 Å². The summed E-state index contributed by atoms with van der Waals surface area (Å²) in [5, 5.41) is 0. The Morgan fingerprint density at radius 1 is 0.941 bits per heavy atom. The van der Waals surface area contributed by atoms with E-state index in [9.17, 15) is 0 Å². The van der Waals surface area contributed by atoms with Gasteiger partial charge < -0.3 is 9.80 Å². The summed E-state index contributed by atoms with van der Waals surface area (Å²) in [6.45, 7) is 9.08. The summed E-state index contributed by atoms with van der Waals surface area (Å²) in [4.78, 5) is 5.42.